The molecule has 5 aromatic rings. The van der Waals surface area contributed by atoms with Crippen LogP contribution in [0.25, 0.3) is 16.6 Å². The lowest BCUT2D eigenvalue weighted by atomic mass is 9.72. The molecule has 1 aliphatic heterocycles. The lowest BCUT2D eigenvalue weighted by molar-refractivity contribution is -0.0183. The maximum absolute atomic E-state index is 13.9. The average Bonchev–Trinajstić information content (AvgIpc) is 3.75. The number of halogens is 1. The van der Waals surface area contributed by atoms with Gasteiger partial charge in [-0.3, -0.25) is 5.10 Å². The molecule has 1 saturated heterocycles. The first-order valence-electron chi connectivity index (χ1n) is 14.0. The minimum Gasteiger partial charge on any atom is -0.373 e. The van der Waals surface area contributed by atoms with E-state index in [0.717, 1.165) is 33.3 Å². The van der Waals surface area contributed by atoms with Gasteiger partial charge in [0.1, 0.15) is 10.7 Å². The number of nitrogens with zero attached hydrogens (tertiary/aromatic N) is 4. The minimum absolute atomic E-state index is 0.0166. The van der Waals surface area contributed by atoms with E-state index in [4.69, 9.17) is 4.74 Å². The maximum atomic E-state index is 13.9. The van der Waals surface area contributed by atoms with Gasteiger partial charge in [-0.15, -0.1) is 0 Å². The number of aromatic nitrogens is 4. The van der Waals surface area contributed by atoms with Gasteiger partial charge in [0.2, 0.25) is 10.0 Å². The molecule has 0 unspecified atom stereocenters. The highest BCUT2D eigenvalue weighted by molar-refractivity contribution is 7.89. The highest BCUT2D eigenvalue weighted by atomic mass is 32.2. The van der Waals surface area contributed by atoms with Crippen LogP contribution in [0.5, 0.6) is 0 Å². The molecule has 0 bridgehead atoms. The van der Waals surface area contributed by atoms with Gasteiger partial charge in [-0.1, -0.05) is 30.3 Å². The normalized spacial score (nSPS) is 24.4. The summed E-state index contributed by atoms with van der Waals surface area (Å²) in [6.07, 6.45) is 4.62. The van der Waals surface area contributed by atoms with Crippen LogP contribution >= 0.6 is 0 Å². The van der Waals surface area contributed by atoms with Crippen LogP contribution in [0, 0.1) is 25.6 Å². The lowest BCUT2D eigenvalue weighted by Gasteiger charge is -2.35. The quantitative estimate of drug-likeness (QED) is 0.288. The van der Waals surface area contributed by atoms with Crippen molar-refractivity contribution in [3.8, 4) is 5.69 Å². The van der Waals surface area contributed by atoms with Crippen molar-refractivity contribution in [3.63, 3.8) is 0 Å². The molecule has 3 aromatic carbocycles. The summed E-state index contributed by atoms with van der Waals surface area (Å²) in [5.41, 5.74) is 4.36. The van der Waals surface area contributed by atoms with Crippen LogP contribution in [0.15, 0.2) is 84.0 Å². The van der Waals surface area contributed by atoms with Crippen LogP contribution in [0.4, 0.5) is 4.39 Å². The van der Waals surface area contributed by atoms with E-state index >= 15 is 0 Å². The van der Waals surface area contributed by atoms with Crippen LogP contribution in [-0.2, 0) is 25.8 Å². The minimum atomic E-state index is -3.76. The number of ether oxygens (including phenoxy) is 1. The first kappa shape index (κ1) is 27.0. The van der Waals surface area contributed by atoms with Gasteiger partial charge in [0.25, 0.3) is 0 Å². The van der Waals surface area contributed by atoms with E-state index in [-0.39, 0.29) is 16.6 Å². The van der Waals surface area contributed by atoms with Gasteiger partial charge in [0.15, 0.2) is 0 Å². The number of methoxy groups -OCH3 is 1. The van der Waals surface area contributed by atoms with E-state index in [9.17, 15) is 12.8 Å². The number of hydrogen-bond donors (Lipinski definition) is 1. The summed E-state index contributed by atoms with van der Waals surface area (Å²) >= 11 is 0. The molecule has 3 atom stereocenters. The number of hydrogen-bond acceptors (Lipinski definition) is 5. The van der Waals surface area contributed by atoms with Gasteiger partial charge in [-0.05, 0) is 85.7 Å². The average molecular weight is 586 g/mol. The number of benzene rings is 3. The van der Waals surface area contributed by atoms with Crippen LogP contribution < -0.4 is 0 Å². The van der Waals surface area contributed by atoms with Gasteiger partial charge in [-0.2, -0.15) is 14.5 Å². The molecule has 1 N–H and O–H groups in total. The Kier molecular flexibility index (Phi) is 6.16. The molecule has 2 aliphatic rings. The Morgan fingerprint density at radius 3 is 2.52 bits per heavy atom. The molecule has 0 spiro atoms. The van der Waals surface area contributed by atoms with Gasteiger partial charge in [0, 0.05) is 37.2 Å². The summed E-state index contributed by atoms with van der Waals surface area (Å²) in [6.45, 7) is 4.51. The Balaban J connectivity index is 1.37. The first-order chi connectivity index (χ1) is 20.2. The second kappa shape index (κ2) is 9.58. The third-order valence-electron chi connectivity index (χ3n) is 9.46. The zero-order chi connectivity index (χ0) is 29.3. The second-order valence-electron chi connectivity index (χ2n) is 11.7. The molecule has 42 heavy (non-hydrogen) atoms. The molecule has 0 amide bonds. The lowest BCUT2D eigenvalue weighted by Crippen LogP contribution is -2.38. The standard InChI is InChI=1S/C32H32FN5O3S/c1-21-13-29-23(16-35-38(29)27-11-9-26(33)10-12-27)14-28(21)31-19-32(41-3,24-7-5-4-6-8-24)15-25(31)18-37(20-31)42(39,40)30-17-34-36-22(30)2/h4-14,16-17,25H,15,18-20H2,1-3H3,(H,34,36)/t25-,31-,32+/m1/s1. The predicted molar refractivity (Wildman–Crippen MR) is 157 cm³/mol. The van der Waals surface area contributed by atoms with Gasteiger partial charge in [0.05, 0.1) is 28.7 Å². The maximum Gasteiger partial charge on any atom is 0.246 e. The number of aromatic amines is 1. The third-order valence-corrected chi connectivity index (χ3v) is 11.4. The number of rotatable bonds is 6. The first-order valence-corrected chi connectivity index (χ1v) is 15.5. The molecule has 2 fully saturated rings. The highest BCUT2D eigenvalue weighted by Gasteiger charge is 2.62. The van der Waals surface area contributed by atoms with Crippen LogP contribution in [0.3, 0.4) is 0 Å². The molecule has 3 heterocycles. The van der Waals surface area contributed by atoms with Gasteiger partial charge in [-0.25, -0.2) is 17.5 Å². The van der Waals surface area contributed by atoms with E-state index in [1.165, 1.54) is 18.3 Å². The summed E-state index contributed by atoms with van der Waals surface area (Å²) in [6, 6.07) is 20.8. The monoisotopic (exact) mass is 585 g/mol. The zero-order valence-corrected chi connectivity index (χ0v) is 24.5. The molecule has 8 nitrogen and oxygen atoms in total. The molecular weight excluding hydrogens is 553 g/mol. The summed E-state index contributed by atoms with van der Waals surface area (Å²) in [4.78, 5) is 0.214. The van der Waals surface area contributed by atoms with E-state index in [1.54, 1.807) is 30.5 Å². The molecule has 7 rings (SSSR count). The summed E-state index contributed by atoms with van der Waals surface area (Å²) < 4.78 is 51.2. The van der Waals surface area contributed by atoms with E-state index < -0.39 is 21.0 Å². The second-order valence-corrected chi connectivity index (χ2v) is 13.6. The zero-order valence-electron chi connectivity index (χ0n) is 23.7. The Labute approximate surface area is 244 Å². The van der Waals surface area contributed by atoms with Gasteiger partial charge < -0.3 is 4.74 Å². The highest BCUT2D eigenvalue weighted by Crippen LogP contribution is 2.60. The molecule has 1 saturated carbocycles. The van der Waals surface area contributed by atoms with Crippen molar-refractivity contribution in [1.82, 2.24) is 24.3 Å². The van der Waals surface area contributed by atoms with Crippen molar-refractivity contribution >= 4 is 20.9 Å². The SMILES string of the molecule is CO[C@@]1(c2ccccc2)C[C@@H]2CN(S(=O)(=O)c3c[nH]nc3C)C[C@]2(c2cc3cnn(-c4ccc(F)cc4)c3cc2C)C1. The Hall–Kier alpha value is -3.86. The molecule has 10 heteroatoms. The fraction of sp³-hybridized carbons (Fsp3) is 0.312. The number of aryl methyl sites for hydroxylation is 2. The van der Waals surface area contributed by atoms with Crippen LogP contribution in [0.2, 0.25) is 0 Å². The molecule has 0 radical (unpaired) electrons. The molecule has 1 aliphatic carbocycles. The summed E-state index contributed by atoms with van der Waals surface area (Å²) in [5.74, 6) is -0.283. The number of sulfonamides is 1. The number of H-pyrrole nitrogens is 1. The topological polar surface area (TPSA) is 93.1 Å². The fourth-order valence-corrected chi connectivity index (χ4v) is 9.11. The van der Waals surface area contributed by atoms with Crippen molar-refractivity contribution in [3.05, 3.63) is 107 Å². The van der Waals surface area contributed by atoms with Crippen molar-refractivity contribution in [1.29, 1.82) is 0 Å². The predicted octanol–water partition coefficient (Wildman–Crippen LogP) is 5.40. The fourth-order valence-electron chi connectivity index (χ4n) is 7.44. The number of nitrogens with one attached hydrogen (secondary N) is 1. The summed E-state index contributed by atoms with van der Waals surface area (Å²) in [5, 5.41) is 12.4. The van der Waals surface area contributed by atoms with E-state index in [2.05, 4.69) is 46.5 Å². The third kappa shape index (κ3) is 3.96. The molecular formula is C32H32FN5O3S. The van der Waals surface area contributed by atoms with Gasteiger partial charge >= 0.3 is 0 Å². The van der Waals surface area contributed by atoms with E-state index in [0.29, 0.717) is 31.6 Å². The van der Waals surface area contributed by atoms with Crippen molar-refractivity contribution < 1.29 is 17.5 Å². The van der Waals surface area contributed by atoms with Crippen molar-refractivity contribution in [2.45, 2.75) is 42.6 Å². The smallest absolute Gasteiger partial charge is 0.246 e. The molecule has 216 valence electrons. The van der Waals surface area contributed by atoms with Crippen molar-refractivity contribution in [2.75, 3.05) is 20.2 Å². The summed E-state index contributed by atoms with van der Waals surface area (Å²) in [7, 11) is -2.00. The van der Waals surface area contributed by atoms with E-state index in [1.807, 2.05) is 29.1 Å². The number of fused-ring (bicyclic) bond motifs is 2. The Morgan fingerprint density at radius 2 is 1.83 bits per heavy atom. The largest absolute Gasteiger partial charge is 0.373 e. The molecule has 2 aromatic heterocycles. The Morgan fingerprint density at radius 1 is 1.07 bits per heavy atom. The Bertz CT molecular complexity index is 1900. The van der Waals surface area contributed by atoms with Crippen LogP contribution in [-0.4, -0.2) is 52.9 Å². The van der Waals surface area contributed by atoms with Crippen molar-refractivity contribution in [2.24, 2.45) is 5.92 Å². The van der Waals surface area contributed by atoms with Crippen LogP contribution in [0.1, 0.15) is 35.2 Å².